The van der Waals surface area contributed by atoms with Crippen LogP contribution in [0.1, 0.15) is 40.5 Å². The first-order valence-corrected chi connectivity index (χ1v) is 8.73. The van der Waals surface area contributed by atoms with Gasteiger partial charge in [0, 0.05) is 17.6 Å². The Hall–Kier alpha value is -1.95. The number of phenols is 1. The van der Waals surface area contributed by atoms with Gasteiger partial charge in [0.25, 0.3) is 0 Å². The number of ether oxygens (including phenoxy) is 1. The molecular formula is C18H25ClN2O4. The molecule has 1 heterocycles. The summed E-state index contributed by atoms with van der Waals surface area (Å²) in [5, 5.41) is 12.9. The Kier molecular flexibility index (Phi) is 5.83. The minimum atomic E-state index is -0.585. The summed E-state index contributed by atoms with van der Waals surface area (Å²) in [6.45, 7) is 7.66. The molecule has 1 unspecified atom stereocenters. The van der Waals surface area contributed by atoms with Gasteiger partial charge >= 0.3 is 6.09 Å². The van der Waals surface area contributed by atoms with Crippen LogP contribution in [0.15, 0.2) is 18.2 Å². The molecule has 25 heavy (non-hydrogen) atoms. The molecule has 7 heteroatoms. The number of hydrogen-bond donors (Lipinski definition) is 2. The highest BCUT2D eigenvalue weighted by Gasteiger charge is 2.35. The van der Waals surface area contributed by atoms with Gasteiger partial charge < -0.3 is 20.1 Å². The molecular weight excluding hydrogens is 344 g/mol. The summed E-state index contributed by atoms with van der Waals surface area (Å²) in [5.41, 5.74) is -0.321. The fourth-order valence-corrected chi connectivity index (χ4v) is 2.91. The lowest BCUT2D eigenvalue weighted by Gasteiger charge is -2.38. The molecule has 1 aliphatic heterocycles. The largest absolute Gasteiger partial charge is 0.506 e. The predicted octanol–water partition coefficient (Wildman–Crippen LogP) is 4.02. The van der Waals surface area contributed by atoms with Crippen LogP contribution in [0.4, 0.5) is 10.5 Å². The van der Waals surface area contributed by atoms with Crippen molar-refractivity contribution in [2.45, 2.75) is 52.2 Å². The molecule has 2 atom stereocenters. The van der Waals surface area contributed by atoms with Gasteiger partial charge in [-0.2, -0.15) is 0 Å². The van der Waals surface area contributed by atoms with Crippen molar-refractivity contribution in [2.75, 3.05) is 11.9 Å². The quantitative estimate of drug-likeness (QED) is 0.773. The number of rotatable bonds is 2. The highest BCUT2D eigenvalue weighted by molar-refractivity contribution is 6.31. The van der Waals surface area contributed by atoms with Gasteiger partial charge in [-0.1, -0.05) is 11.6 Å². The number of hydrogen-bond acceptors (Lipinski definition) is 4. The van der Waals surface area contributed by atoms with Crippen LogP contribution < -0.4 is 5.32 Å². The van der Waals surface area contributed by atoms with Gasteiger partial charge in [0.2, 0.25) is 5.91 Å². The standard InChI is InChI=1S/C18H25ClN2O4/c1-11-5-6-12(10-21(11)17(24)25-18(2,3)4)16(23)20-14-9-13(19)7-8-15(14)22/h7-9,11-12,22H,5-6,10H2,1-4H3,(H,20,23)/t11-,12?/m1/s1. The van der Waals surface area contributed by atoms with Crippen molar-refractivity contribution in [1.29, 1.82) is 0 Å². The van der Waals surface area contributed by atoms with Crippen molar-refractivity contribution >= 4 is 29.3 Å². The van der Waals surface area contributed by atoms with E-state index >= 15 is 0 Å². The lowest BCUT2D eigenvalue weighted by Crippen LogP contribution is -2.49. The Morgan fingerprint density at radius 2 is 2.00 bits per heavy atom. The van der Waals surface area contributed by atoms with Crippen molar-refractivity contribution < 1.29 is 19.4 Å². The zero-order valence-electron chi connectivity index (χ0n) is 15.0. The van der Waals surface area contributed by atoms with Crippen LogP contribution in [-0.4, -0.2) is 40.2 Å². The zero-order valence-corrected chi connectivity index (χ0v) is 15.8. The normalized spacial score (nSPS) is 20.9. The zero-order chi connectivity index (χ0) is 18.8. The summed E-state index contributed by atoms with van der Waals surface area (Å²) in [7, 11) is 0. The van der Waals surface area contributed by atoms with Crippen LogP contribution >= 0.6 is 11.6 Å². The van der Waals surface area contributed by atoms with Crippen LogP contribution in [0.2, 0.25) is 5.02 Å². The van der Waals surface area contributed by atoms with Gasteiger partial charge in [-0.05, 0) is 58.7 Å². The van der Waals surface area contributed by atoms with Crippen LogP contribution in [0.5, 0.6) is 5.75 Å². The smallest absolute Gasteiger partial charge is 0.410 e. The van der Waals surface area contributed by atoms with Gasteiger partial charge in [-0.3, -0.25) is 4.79 Å². The third-order valence-corrected chi connectivity index (χ3v) is 4.33. The minimum absolute atomic E-state index is 0.0125. The van der Waals surface area contributed by atoms with E-state index in [2.05, 4.69) is 5.32 Å². The number of nitrogens with zero attached hydrogens (tertiary/aromatic N) is 1. The molecule has 0 saturated carbocycles. The fourth-order valence-electron chi connectivity index (χ4n) is 2.74. The summed E-state index contributed by atoms with van der Waals surface area (Å²) in [5.74, 6) is -0.675. The van der Waals surface area contributed by atoms with E-state index in [-0.39, 0.29) is 35.8 Å². The first-order valence-electron chi connectivity index (χ1n) is 8.36. The second kappa shape index (κ2) is 7.52. The second-order valence-corrected chi connectivity index (χ2v) is 7.84. The Labute approximate surface area is 153 Å². The number of aromatic hydroxyl groups is 1. The highest BCUT2D eigenvalue weighted by Crippen LogP contribution is 2.29. The number of amides is 2. The van der Waals surface area contributed by atoms with Crippen molar-refractivity contribution in [3.8, 4) is 5.75 Å². The van der Waals surface area contributed by atoms with Gasteiger partial charge in [0.05, 0.1) is 11.6 Å². The van der Waals surface area contributed by atoms with Gasteiger partial charge in [-0.25, -0.2) is 4.79 Å². The maximum atomic E-state index is 12.5. The number of piperidine rings is 1. The Balaban J connectivity index is 2.05. The summed E-state index contributed by atoms with van der Waals surface area (Å²) in [6, 6.07) is 4.47. The monoisotopic (exact) mass is 368 g/mol. The van der Waals surface area contributed by atoms with E-state index in [1.54, 1.807) is 11.0 Å². The molecule has 0 spiro atoms. The maximum absolute atomic E-state index is 12.5. The fraction of sp³-hybridized carbons (Fsp3) is 0.556. The summed E-state index contributed by atoms with van der Waals surface area (Å²) >= 11 is 5.90. The number of benzene rings is 1. The van der Waals surface area contributed by atoms with Crippen LogP contribution in [0, 0.1) is 5.92 Å². The Bertz CT molecular complexity index is 657. The van der Waals surface area contributed by atoms with Crippen LogP contribution in [-0.2, 0) is 9.53 Å². The molecule has 138 valence electrons. The number of carbonyl (C=O) groups is 2. The lowest BCUT2D eigenvalue weighted by atomic mass is 9.93. The average molecular weight is 369 g/mol. The van der Waals surface area contributed by atoms with E-state index in [9.17, 15) is 14.7 Å². The minimum Gasteiger partial charge on any atom is -0.506 e. The molecule has 2 rings (SSSR count). The molecule has 2 N–H and O–H groups in total. The van der Waals surface area contributed by atoms with E-state index in [0.717, 1.165) is 0 Å². The molecule has 1 aromatic rings. The molecule has 0 radical (unpaired) electrons. The molecule has 0 bridgehead atoms. The average Bonchev–Trinajstić information content (AvgIpc) is 2.49. The number of halogens is 1. The van der Waals surface area contributed by atoms with Gasteiger partial charge in [0.1, 0.15) is 11.4 Å². The third-order valence-electron chi connectivity index (χ3n) is 4.10. The van der Waals surface area contributed by atoms with Crippen molar-refractivity contribution in [1.82, 2.24) is 4.90 Å². The molecule has 1 aromatic carbocycles. The SMILES string of the molecule is C[C@@H]1CCC(C(=O)Nc2cc(Cl)ccc2O)CN1C(=O)OC(C)(C)C. The van der Waals surface area contributed by atoms with Gasteiger partial charge in [-0.15, -0.1) is 0 Å². The third kappa shape index (κ3) is 5.26. The van der Waals surface area contributed by atoms with Crippen molar-refractivity contribution in [2.24, 2.45) is 5.92 Å². The highest BCUT2D eigenvalue weighted by atomic mass is 35.5. The Morgan fingerprint density at radius 3 is 2.64 bits per heavy atom. The number of nitrogens with one attached hydrogen (secondary N) is 1. The molecule has 2 amide bonds. The first kappa shape index (κ1) is 19.4. The maximum Gasteiger partial charge on any atom is 0.410 e. The first-order chi connectivity index (χ1) is 11.6. The van der Waals surface area contributed by atoms with Crippen molar-refractivity contribution in [3.63, 3.8) is 0 Å². The van der Waals surface area contributed by atoms with E-state index in [1.807, 2.05) is 27.7 Å². The summed E-state index contributed by atoms with van der Waals surface area (Å²) in [6.07, 6.45) is 0.954. The number of likely N-dealkylation sites (tertiary alicyclic amines) is 1. The van der Waals surface area contributed by atoms with Crippen LogP contribution in [0.3, 0.4) is 0 Å². The summed E-state index contributed by atoms with van der Waals surface area (Å²) < 4.78 is 5.43. The predicted molar refractivity (Wildman–Crippen MR) is 96.9 cm³/mol. The topological polar surface area (TPSA) is 78.9 Å². The second-order valence-electron chi connectivity index (χ2n) is 7.41. The molecule has 1 fully saturated rings. The molecule has 0 aliphatic carbocycles. The molecule has 1 saturated heterocycles. The van der Waals surface area contributed by atoms with E-state index in [1.165, 1.54) is 12.1 Å². The van der Waals surface area contributed by atoms with E-state index < -0.39 is 11.7 Å². The van der Waals surface area contributed by atoms with Gasteiger partial charge in [0.15, 0.2) is 0 Å². The number of phenolic OH excluding ortho intramolecular Hbond substituents is 1. The number of carbonyl (C=O) groups excluding carboxylic acids is 2. The Morgan fingerprint density at radius 1 is 1.32 bits per heavy atom. The van der Waals surface area contributed by atoms with Crippen molar-refractivity contribution in [3.05, 3.63) is 23.2 Å². The van der Waals surface area contributed by atoms with Crippen LogP contribution in [0.25, 0.3) is 0 Å². The van der Waals surface area contributed by atoms with E-state index in [4.69, 9.17) is 16.3 Å². The molecule has 6 nitrogen and oxygen atoms in total. The summed E-state index contributed by atoms with van der Waals surface area (Å²) in [4.78, 5) is 26.5. The molecule has 1 aliphatic rings. The lowest BCUT2D eigenvalue weighted by molar-refractivity contribution is -0.121. The molecule has 0 aromatic heterocycles. The van der Waals surface area contributed by atoms with E-state index in [0.29, 0.717) is 17.9 Å². The number of anilines is 1.